The molecule has 0 aliphatic carbocycles. The molecule has 0 spiro atoms. The maximum Gasteiger partial charge on any atom is 0.202 e. The first kappa shape index (κ1) is 14.6. The lowest BCUT2D eigenvalue weighted by Gasteiger charge is -2.12. The summed E-state index contributed by atoms with van der Waals surface area (Å²) in [4.78, 5) is 4.33. The van der Waals surface area contributed by atoms with Gasteiger partial charge in [-0.2, -0.15) is 0 Å². The lowest BCUT2D eigenvalue weighted by atomic mass is 10.1. The van der Waals surface area contributed by atoms with E-state index in [4.69, 9.17) is 0 Å². The van der Waals surface area contributed by atoms with Crippen LogP contribution in [0.15, 0.2) is 30.6 Å². The normalized spacial score (nSPS) is 11.1. The van der Waals surface area contributed by atoms with E-state index in [0.29, 0.717) is 5.92 Å². The zero-order chi connectivity index (χ0) is 14.5. The highest BCUT2D eigenvalue weighted by Gasteiger charge is 2.05. The van der Waals surface area contributed by atoms with Gasteiger partial charge in [-0.25, -0.2) is 9.37 Å². The van der Waals surface area contributed by atoms with Crippen LogP contribution in [0.1, 0.15) is 25.0 Å². The molecule has 1 N–H and O–H groups in total. The minimum absolute atomic E-state index is 0.174. The maximum absolute atomic E-state index is 13.0. The number of hydrogen-bond acceptors (Lipinski definition) is 2. The highest BCUT2D eigenvalue weighted by molar-refractivity contribution is 5.30. The fourth-order valence-corrected chi connectivity index (χ4v) is 2.27. The molecule has 0 amide bonds. The summed E-state index contributed by atoms with van der Waals surface area (Å²) < 4.78 is 15.2. The van der Waals surface area contributed by atoms with Crippen molar-refractivity contribution in [1.29, 1.82) is 0 Å². The number of anilines is 1. The number of rotatable bonds is 6. The van der Waals surface area contributed by atoms with Crippen LogP contribution < -0.4 is 5.32 Å². The average Bonchev–Trinajstić information content (AvgIpc) is 2.79. The Morgan fingerprint density at radius 1 is 1.35 bits per heavy atom. The van der Waals surface area contributed by atoms with Crippen LogP contribution in [0.2, 0.25) is 0 Å². The van der Waals surface area contributed by atoms with Crippen LogP contribution in [-0.2, 0) is 13.0 Å². The summed E-state index contributed by atoms with van der Waals surface area (Å²) in [6.45, 7) is 8.06. The van der Waals surface area contributed by atoms with Crippen LogP contribution in [0.5, 0.6) is 0 Å². The number of nitrogens with one attached hydrogen (secondary N) is 1. The Kier molecular flexibility index (Phi) is 4.77. The molecule has 3 nitrogen and oxygen atoms in total. The van der Waals surface area contributed by atoms with Crippen molar-refractivity contribution in [1.82, 2.24) is 9.55 Å². The predicted molar refractivity (Wildman–Crippen MR) is 80.4 cm³/mol. The molecular formula is C16H22FN3. The molecule has 0 fully saturated rings. The summed E-state index contributed by atoms with van der Waals surface area (Å²) in [6.07, 6.45) is 4.67. The summed E-state index contributed by atoms with van der Waals surface area (Å²) in [5, 5.41) is 3.35. The summed E-state index contributed by atoms with van der Waals surface area (Å²) in [6, 6.07) is 4.95. The van der Waals surface area contributed by atoms with Crippen LogP contribution in [0.25, 0.3) is 0 Å². The lowest BCUT2D eigenvalue weighted by Crippen LogP contribution is -2.13. The Morgan fingerprint density at radius 2 is 2.15 bits per heavy atom. The van der Waals surface area contributed by atoms with Gasteiger partial charge in [0.2, 0.25) is 5.95 Å². The molecule has 0 bridgehead atoms. The van der Waals surface area contributed by atoms with Crippen molar-refractivity contribution in [3.8, 4) is 0 Å². The van der Waals surface area contributed by atoms with Crippen molar-refractivity contribution in [2.24, 2.45) is 5.92 Å². The van der Waals surface area contributed by atoms with Crippen molar-refractivity contribution in [3.63, 3.8) is 0 Å². The van der Waals surface area contributed by atoms with E-state index >= 15 is 0 Å². The Hall–Kier alpha value is -1.84. The minimum atomic E-state index is -0.174. The number of nitrogens with zero attached hydrogens (tertiary/aromatic N) is 2. The van der Waals surface area contributed by atoms with Gasteiger partial charge in [0.25, 0.3) is 0 Å². The van der Waals surface area contributed by atoms with E-state index in [1.165, 1.54) is 11.6 Å². The second-order valence-corrected chi connectivity index (χ2v) is 5.54. The Morgan fingerprint density at radius 3 is 2.85 bits per heavy atom. The summed E-state index contributed by atoms with van der Waals surface area (Å²) in [5.41, 5.74) is 2.16. The first-order valence-electron chi connectivity index (χ1n) is 7.06. The second kappa shape index (κ2) is 6.55. The largest absolute Gasteiger partial charge is 0.355 e. The van der Waals surface area contributed by atoms with Crippen LogP contribution in [-0.4, -0.2) is 16.1 Å². The molecule has 20 heavy (non-hydrogen) atoms. The van der Waals surface area contributed by atoms with Crippen LogP contribution in [0.4, 0.5) is 10.3 Å². The van der Waals surface area contributed by atoms with E-state index < -0.39 is 0 Å². The van der Waals surface area contributed by atoms with Crippen molar-refractivity contribution >= 4 is 5.95 Å². The van der Waals surface area contributed by atoms with Gasteiger partial charge in [0, 0.05) is 25.5 Å². The molecule has 0 aliphatic heterocycles. The topological polar surface area (TPSA) is 29.9 Å². The average molecular weight is 275 g/mol. The number of aromatic nitrogens is 2. The fraction of sp³-hybridized carbons (Fsp3) is 0.438. The molecule has 0 saturated heterocycles. The predicted octanol–water partition coefficient (Wildman–Crippen LogP) is 3.64. The molecule has 108 valence electrons. The standard InChI is InChI=1S/C16H22FN3/c1-12(2)11-20-9-8-19-16(20)18-7-6-14-4-5-15(17)10-13(14)3/h4-5,8-10,12H,6-7,11H2,1-3H3,(H,18,19). The Bertz CT molecular complexity index is 561. The molecule has 0 saturated carbocycles. The van der Waals surface area contributed by atoms with Gasteiger partial charge in [-0.3, -0.25) is 0 Å². The van der Waals surface area contributed by atoms with E-state index in [2.05, 4.69) is 28.7 Å². The number of hydrogen-bond donors (Lipinski definition) is 1. The SMILES string of the molecule is Cc1cc(F)ccc1CCNc1nccn1CC(C)C. The summed E-state index contributed by atoms with van der Waals surface area (Å²) >= 11 is 0. The lowest BCUT2D eigenvalue weighted by molar-refractivity contribution is 0.526. The second-order valence-electron chi connectivity index (χ2n) is 5.54. The molecule has 1 aromatic carbocycles. The maximum atomic E-state index is 13.0. The molecule has 2 rings (SSSR count). The van der Waals surface area contributed by atoms with E-state index in [1.54, 1.807) is 6.07 Å². The molecule has 1 aromatic heterocycles. The van der Waals surface area contributed by atoms with E-state index in [0.717, 1.165) is 31.0 Å². The highest BCUT2D eigenvalue weighted by atomic mass is 19.1. The molecule has 2 aromatic rings. The molecular weight excluding hydrogens is 253 g/mol. The smallest absolute Gasteiger partial charge is 0.202 e. The quantitative estimate of drug-likeness (QED) is 0.872. The number of halogens is 1. The molecule has 0 atom stereocenters. The third kappa shape index (κ3) is 3.83. The minimum Gasteiger partial charge on any atom is -0.355 e. The van der Waals surface area contributed by atoms with Crippen LogP contribution in [0.3, 0.4) is 0 Å². The van der Waals surface area contributed by atoms with E-state index in [-0.39, 0.29) is 5.82 Å². The number of benzene rings is 1. The summed E-state index contributed by atoms with van der Waals surface area (Å²) in [5.74, 6) is 1.31. The monoisotopic (exact) mass is 275 g/mol. The zero-order valence-electron chi connectivity index (χ0n) is 12.4. The number of imidazole rings is 1. The van der Waals surface area contributed by atoms with Gasteiger partial charge in [-0.15, -0.1) is 0 Å². The first-order chi connectivity index (χ1) is 9.56. The van der Waals surface area contributed by atoms with Crippen molar-refractivity contribution in [3.05, 3.63) is 47.5 Å². The Labute approximate surface area is 119 Å². The molecule has 4 heteroatoms. The van der Waals surface area contributed by atoms with Gasteiger partial charge in [-0.05, 0) is 42.5 Å². The van der Waals surface area contributed by atoms with Gasteiger partial charge in [0.05, 0.1) is 0 Å². The van der Waals surface area contributed by atoms with Gasteiger partial charge >= 0.3 is 0 Å². The van der Waals surface area contributed by atoms with E-state index in [1.807, 2.05) is 25.4 Å². The third-order valence-corrected chi connectivity index (χ3v) is 3.26. The highest BCUT2D eigenvalue weighted by Crippen LogP contribution is 2.12. The van der Waals surface area contributed by atoms with E-state index in [9.17, 15) is 4.39 Å². The fourth-order valence-electron chi connectivity index (χ4n) is 2.27. The van der Waals surface area contributed by atoms with Gasteiger partial charge in [0.1, 0.15) is 5.82 Å². The van der Waals surface area contributed by atoms with Crippen molar-refractivity contribution < 1.29 is 4.39 Å². The first-order valence-corrected chi connectivity index (χ1v) is 7.06. The van der Waals surface area contributed by atoms with Gasteiger partial charge < -0.3 is 9.88 Å². The van der Waals surface area contributed by atoms with Gasteiger partial charge in [-0.1, -0.05) is 19.9 Å². The molecule has 0 radical (unpaired) electrons. The van der Waals surface area contributed by atoms with Crippen LogP contribution >= 0.6 is 0 Å². The molecule has 1 heterocycles. The van der Waals surface area contributed by atoms with Crippen molar-refractivity contribution in [2.75, 3.05) is 11.9 Å². The zero-order valence-corrected chi connectivity index (χ0v) is 12.4. The van der Waals surface area contributed by atoms with Crippen LogP contribution in [0, 0.1) is 18.7 Å². The molecule has 0 unspecified atom stereocenters. The molecule has 0 aliphatic rings. The van der Waals surface area contributed by atoms with Gasteiger partial charge in [0.15, 0.2) is 0 Å². The number of aryl methyl sites for hydroxylation is 1. The Balaban J connectivity index is 1.91. The third-order valence-electron chi connectivity index (χ3n) is 3.26. The van der Waals surface area contributed by atoms with Crippen molar-refractivity contribution in [2.45, 2.75) is 33.7 Å². The summed E-state index contributed by atoms with van der Waals surface area (Å²) in [7, 11) is 0.